The number of hydrogen-bond donors (Lipinski definition) is 2. The molecule has 0 fully saturated rings. The van der Waals surface area contributed by atoms with E-state index in [9.17, 15) is 0 Å². The molecule has 0 radical (unpaired) electrons. The van der Waals surface area contributed by atoms with Crippen LogP contribution in [0.1, 0.15) is 43.4 Å². The van der Waals surface area contributed by atoms with Gasteiger partial charge in [0.2, 0.25) is 0 Å². The molecule has 3 aromatic rings. The molecule has 3 aromatic carbocycles. The lowest BCUT2D eigenvalue weighted by Gasteiger charge is -2.17. The molecule has 0 unspecified atom stereocenters. The molecule has 0 aliphatic carbocycles. The van der Waals surface area contributed by atoms with Crippen molar-refractivity contribution in [3.8, 4) is 17.2 Å². The Balaban J connectivity index is 1.60. The lowest BCUT2D eigenvalue weighted by atomic mass is 10.0. The Kier molecular flexibility index (Phi) is 10.4. The van der Waals surface area contributed by atoms with Crippen molar-refractivity contribution in [2.75, 3.05) is 25.1 Å². The Bertz CT molecular complexity index is 1190. The van der Waals surface area contributed by atoms with E-state index in [4.69, 9.17) is 38.0 Å². The van der Waals surface area contributed by atoms with Crippen molar-refractivity contribution in [2.24, 2.45) is 5.10 Å². The van der Waals surface area contributed by atoms with Crippen molar-refractivity contribution in [3.63, 3.8) is 0 Å². The first-order valence-electron chi connectivity index (χ1n) is 11.8. The second-order valence-corrected chi connectivity index (χ2v) is 9.16. The molecule has 0 saturated heterocycles. The summed E-state index contributed by atoms with van der Waals surface area (Å²) in [6.45, 7) is 9.42. The number of rotatable bonds is 11. The molecule has 0 heterocycles. The summed E-state index contributed by atoms with van der Waals surface area (Å²) >= 11 is 11.8. The van der Waals surface area contributed by atoms with Crippen molar-refractivity contribution < 1.29 is 14.2 Å². The molecule has 190 valence electrons. The molecule has 0 aliphatic heterocycles. The van der Waals surface area contributed by atoms with Gasteiger partial charge in [-0.2, -0.15) is 5.10 Å². The van der Waals surface area contributed by atoms with Crippen molar-refractivity contribution in [1.29, 1.82) is 0 Å². The number of anilines is 1. The van der Waals surface area contributed by atoms with E-state index >= 15 is 0 Å². The van der Waals surface area contributed by atoms with Crippen LogP contribution in [0, 0.1) is 6.92 Å². The Morgan fingerprint density at radius 3 is 2.47 bits per heavy atom. The number of hydrazone groups is 1. The smallest absolute Gasteiger partial charge is 0.191 e. The average Bonchev–Trinajstić information content (AvgIpc) is 2.83. The fraction of sp³-hybridized carbons (Fsp3) is 0.286. The van der Waals surface area contributed by atoms with Crippen LogP contribution in [-0.2, 0) is 0 Å². The molecular weight excluding hydrogens is 494 g/mol. The average molecular weight is 526 g/mol. The van der Waals surface area contributed by atoms with E-state index < -0.39 is 0 Å². The quantitative estimate of drug-likeness (QED) is 0.122. The highest BCUT2D eigenvalue weighted by molar-refractivity contribution is 7.80. The van der Waals surface area contributed by atoms with Crippen LogP contribution in [0.5, 0.6) is 17.2 Å². The van der Waals surface area contributed by atoms with Crippen LogP contribution in [-0.4, -0.2) is 31.1 Å². The van der Waals surface area contributed by atoms with Gasteiger partial charge in [-0.1, -0.05) is 55.8 Å². The fourth-order valence-corrected chi connectivity index (χ4v) is 3.89. The second-order valence-electron chi connectivity index (χ2n) is 8.35. The van der Waals surface area contributed by atoms with E-state index in [1.165, 1.54) is 5.56 Å². The van der Waals surface area contributed by atoms with Crippen molar-refractivity contribution in [3.05, 3.63) is 82.4 Å². The van der Waals surface area contributed by atoms with Crippen LogP contribution < -0.4 is 25.0 Å². The first-order chi connectivity index (χ1) is 17.4. The number of nitrogens with zero attached hydrogens (tertiary/aromatic N) is 1. The van der Waals surface area contributed by atoms with Gasteiger partial charge in [-0.15, -0.1) is 0 Å². The molecule has 36 heavy (non-hydrogen) atoms. The Morgan fingerprint density at radius 1 is 1.00 bits per heavy atom. The van der Waals surface area contributed by atoms with Gasteiger partial charge in [0, 0.05) is 5.69 Å². The summed E-state index contributed by atoms with van der Waals surface area (Å²) in [4.78, 5) is 0. The molecule has 0 atom stereocenters. The van der Waals surface area contributed by atoms with Gasteiger partial charge in [-0.3, -0.25) is 5.43 Å². The van der Waals surface area contributed by atoms with Gasteiger partial charge in [0.25, 0.3) is 0 Å². The van der Waals surface area contributed by atoms with Gasteiger partial charge in [-0.25, -0.2) is 0 Å². The summed E-state index contributed by atoms with van der Waals surface area (Å²) in [5.74, 6) is 2.26. The van der Waals surface area contributed by atoms with Gasteiger partial charge in [0.15, 0.2) is 16.6 Å². The van der Waals surface area contributed by atoms with Gasteiger partial charge in [0.05, 0.1) is 17.8 Å². The number of ether oxygens (including phenoxy) is 3. The van der Waals surface area contributed by atoms with Crippen molar-refractivity contribution in [2.45, 2.75) is 33.6 Å². The van der Waals surface area contributed by atoms with Crippen LogP contribution in [0.25, 0.3) is 0 Å². The number of thiocarbonyl (C=S) groups is 1. The maximum Gasteiger partial charge on any atom is 0.191 e. The van der Waals surface area contributed by atoms with E-state index in [0.717, 1.165) is 22.6 Å². The first kappa shape index (κ1) is 27.3. The third kappa shape index (κ3) is 8.14. The number of benzene rings is 3. The minimum atomic E-state index is 0.319. The fourth-order valence-electron chi connectivity index (χ4n) is 3.45. The zero-order chi connectivity index (χ0) is 25.9. The number of aryl methyl sites for hydroxylation is 1. The highest BCUT2D eigenvalue weighted by Crippen LogP contribution is 2.36. The Morgan fingerprint density at radius 2 is 1.75 bits per heavy atom. The molecule has 0 amide bonds. The summed E-state index contributed by atoms with van der Waals surface area (Å²) in [6.07, 6.45) is 1.62. The Hall–Kier alpha value is -3.29. The zero-order valence-electron chi connectivity index (χ0n) is 21.0. The van der Waals surface area contributed by atoms with Gasteiger partial charge in [0.1, 0.15) is 19.0 Å². The highest BCUT2D eigenvalue weighted by atomic mass is 35.5. The van der Waals surface area contributed by atoms with Crippen molar-refractivity contribution in [1.82, 2.24) is 5.43 Å². The molecule has 2 N–H and O–H groups in total. The maximum absolute atomic E-state index is 6.54. The molecule has 3 rings (SSSR count). The summed E-state index contributed by atoms with van der Waals surface area (Å²) in [5, 5.41) is 8.05. The molecule has 6 nitrogen and oxygen atoms in total. The van der Waals surface area contributed by atoms with Crippen LogP contribution in [0.4, 0.5) is 5.69 Å². The van der Waals surface area contributed by atoms with E-state index in [-0.39, 0.29) is 0 Å². The van der Waals surface area contributed by atoms with Crippen LogP contribution >= 0.6 is 23.8 Å². The van der Waals surface area contributed by atoms with Crippen LogP contribution in [0.15, 0.2) is 65.8 Å². The minimum absolute atomic E-state index is 0.319. The predicted octanol–water partition coefficient (Wildman–Crippen LogP) is 6.95. The van der Waals surface area contributed by atoms with E-state index in [0.29, 0.717) is 47.4 Å². The maximum atomic E-state index is 6.54. The van der Waals surface area contributed by atoms with Crippen LogP contribution in [0.3, 0.4) is 0 Å². The van der Waals surface area contributed by atoms with Gasteiger partial charge < -0.3 is 19.5 Å². The Labute approximate surface area is 223 Å². The van der Waals surface area contributed by atoms with E-state index in [1.807, 2.05) is 43.3 Å². The summed E-state index contributed by atoms with van der Waals surface area (Å²) in [5.41, 5.74) is 6.74. The zero-order valence-corrected chi connectivity index (χ0v) is 22.6. The monoisotopic (exact) mass is 525 g/mol. The van der Waals surface area contributed by atoms with Crippen molar-refractivity contribution >= 4 is 40.8 Å². The third-order valence-corrected chi connectivity index (χ3v) is 5.60. The molecule has 0 aliphatic rings. The number of nitrogens with one attached hydrogen (secondary N) is 2. The minimum Gasteiger partial charge on any atom is -0.490 e. The molecule has 0 bridgehead atoms. The summed E-state index contributed by atoms with van der Waals surface area (Å²) in [6, 6.07) is 19.5. The first-order valence-corrected chi connectivity index (χ1v) is 12.6. The standard InChI is InChI=1S/C28H32ClN3O3S/c1-5-33-26-17-21(18-30-32-28(36)31-22-9-7-6-8-10-22)16-24(29)27(26)35-14-13-34-25-15-20(4)11-12-23(25)19(2)3/h6-12,15-19H,5,13-14H2,1-4H3,(H2,31,32,36)/b30-18-. The molecule has 0 saturated carbocycles. The molecule has 0 spiro atoms. The van der Waals surface area contributed by atoms with Gasteiger partial charge >= 0.3 is 0 Å². The summed E-state index contributed by atoms with van der Waals surface area (Å²) in [7, 11) is 0. The van der Waals surface area contributed by atoms with Crippen LogP contribution in [0.2, 0.25) is 5.02 Å². The summed E-state index contributed by atoms with van der Waals surface area (Å²) < 4.78 is 17.8. The topological polar surface area (TPSA) is 64.1 Å². The lowest BCUT2D eigenvalue weighted by molar-refractivity contribution is 0.207. The van der Waals surface area contributed by atoms with E-state index in [1.54, 1.807) is 12.3 Å². The van der Waals surface area contributed by atoms with E-state index in [2.05, 4.69) is 54.8 Å². The predicted molar refractivity (Wildman–Crippen MR) is 152 cm³/mol. The normalized spacial score (nSPS) is 10.9. The molecule has 0 aromatic heterocycles. The molecular formula is C28H32ClN3O3S. The highest BCUT2D eigenvalue weighted by Gasteiger charge is 2.13. The number of hydrogen-bond acceptors (Lipinski definition) is 5. The largest absolute Gasteiger partial charge is 0.490 e. The molecule has 8 heteroatoms. The SMILES string of the molecule is CCOc1cc(/C=N\NC(=S)Nc2ccccc2)cc(Cl)c1OCCOc1cc(C)ccc1C(C)C. The second kappa shape index (κ2) is 13.7. The van der Waals surface area contributed by atoms with Gasteiger partial charge in [-0.05, 0) is 79.0 Å². The number of halogens is 1. The third-order valence-electron chi connectivity index (χ3n) is 5.12. The lowest BCUT2D eigenvalue weighted by Crippen LogP contribution is -2.23. The number of para-hydroxylation sites is 1.